The first-order valence-corrected chi connectivity index (χ1v) is 11.8. The van der Waals surface area contributed by atoms with Crippen LogP contribution in [-0.2, 0) is 20.7 Å². The molecular formula is C28H28N4O3. The van der Waals surface area contributed by atoms with Gasteiger partial charge in [-0.2, -0.15) is 0 Å². The quantitative estimate of drug-likeness (QED) is 0.522. The molecule has 2 aliphatic heterocycles. The standard InChI is InChI=1S/C28H28N4O3/c1-19(33)30-23-5-2-20(3-6-23)16-21-4-11-27-25(17-21)26(28(34)31-27)18-29-22-7-9-24(10-8-22)32-12-14-35-15-13-32/h2-11,17-18,26H,12-16H2,1H3,(H,30,33)(H,31,34). The number of hydrogen-bond donors (Lipinski definition) is 2. The van der Waals surface area contributed by atoms with Gasteiger partial charge in [0.15, 0.2) is 0 Å². The molecule has 0 spiro atoms. The molecule has 7 nitrogen and oxygen atoms in total. The summed E-state index contributed by atoms with van der Waals surface area (Å²) in [4.78, 5) is 30.8. The van der Waals surface area contributed by atoms with Gasteiger partial charge in [0.1, 0.15) is 5.92 Å². The third-order valence-corrected chi connectivity index (χ3v) is 6.27. The van der Waals surface area contributed by atoms with Crippen molar-refractivity contribution in [3.8, 4) is 0 Å². The molecule has 0 aromatic heterocycles. The lowest BCUT2D eigenvalue weighted by Gasteiger charge is -2.28. The highest BCUT2D eigenvalue weighted by atomic mass is 16.5. The highest BCUT2D eigenvalue weighted by molar-refractivity contribution is 6.12. The molecule has 7 heteroatoms. The third kappa shape index (κ3) is 5.41. The van der Waals surface area contributed by atoms with Crippen LogP contribution in [0.5, 0.6) is 0 Å². The molecule has 1 atom stereocenters. The Balaban J connectivity index is 1.28. The maximum atomic E-state index is 12.7. The first-order valence-electron chi connectivity index (χ1n) is 11.8. The molecule has 1 saturated heterocycles. The number of benzene rings is 3. The topological polar surface area (TPSA) is 83.0 Å². The van der Waals surface area contributed by atoms with E-state index in [4.69, 9.17) is 4.74 Å². The minimum atomic E-state index is -0.425. The first-order chi connectivity index (χ1) is 17.0. The van der Waals surface area contributed by atoms with Crippen molar-refractivity contribution in [2.45, 2.75) is 19.3 Å². The summed E-state index contributed by atoms with van der Waals surface area (Å²) in [6, 6.07) is 22.0. The fraction of sp³-hybridized carbons (Fsp3) is 0.250. The monoisotopic (exact) mass is 468 g/mol. The van der Waals surface area contributed by atoms with Gasteiger partial charge in [-0.05, 0) is 65.6 Å². The van der Waals surface area contributed by atoms with Gasteiger partial charge in [-0.1, -0.05) is 24.3 Å². The zero-order valence-electron chi connectivity index (χ0n) is 19.7. The summed E-state index contributed by atoms with van der Waals surface area (Å²) in [6.07, 6.45) is 2.46. The number of carbonyl (C=O) groups is 2. The van der Waals surface area contributed by atoms with Crippen molar-refractivity contribution in [2.75, 3.05) is 41.8 Å². The molecule has 2 amide bonds. The van der Waals surface area contributed by atoms with E-state index in [1.807, 2.05) is 48.5 Å². The molecule has 0 radical (unpaired) electrons. The van der Waals surface area contributed by atoms with Crippen molar-refractivity contribution < 1.29 is 14.3 Å². The summed E-state index contributed by atoms with van der Waals surface area (Å²) in [5.41, 5.74) is 6.77. The molecule has 0 aliphatic carbocycles. The lowest BCUT2D eigenvalue weighted by molar-refractivity contribution is -0.116. The Labute approximate surface area is 204 Å². The van der Waals surface area contributed by atoms with Crippen molar-refractivity contribution in [2.24, 2.45) is 4.99 Å². The Morgan fingerprint density at radius 3 is 2.49 bits per heavy atom. The minimum absolute atomic E-state index is 0.0644. The molecule has 2 heterocycles. The van der Waals surface area contributed by atoms with E-state index in [0.717, 1.165) is 72.2 Å². The van der Waals surface area contributed by atoms with Gasteiger partial charge in [0.2, 0.25) is 11.8 Å². The van der Waals surface area contributed by atoms with Crippen molar-refractivity contribution in [3.63, 3.8) is 0 Å². The minimum Gasteiger partial charge on any atom is -0.378 e. The van der Waals surface area contributed by atoms with Crippen LogP contribution < -0.4 is 15.5 Å². The molecule has 0 saturated carbocycles. The van der Waals surface area contributed by atoms with Gasteiger partial charge in [-0.15, -0.1) is 0 Å². The molecular weight excluding hydrogens is 440 g/mol. The Bertz CT molecular complexity index is 1250. The van der Waals surface area contributed by atoms with Crippen molar-refractivity contribution in [1.82, 2.24) is 0 Å². The van der Waals surface area contributed by atoms with Crippen LogP contribution in [0.4, 0.5) is 22.7 Å². The fourth-order valence-electron chi connectivity index (χ4n) is 4.47. The molecule has 2 N–H and O–H groups in total. The number of carbonyl (C=O) groups excluding carboxylic acids is 2. The van der Waals surface area contributed by atoms with E-state index >= 15 is 0 Å². The molecule has 1 fully saturated rings. The predicted octanol–water partition coefficient (Wildman–Crippen LogP) is 4.51. The molecule has 3 aromatic carbocycles. The normalized spacial score (nSPS) is 17.3. The summed E-state index contributed by atoms with van der Waals surface area (Å²) in [5, 5.41) is 5.74. The van der Waals surface area contributed by atoms with E-state index in [2.05, 4.69) is 38.7 Å². The van der Waals surface area contributed by atoms with Crippen molar-refractivity contribution in [3.05, 3.63) is 83.4 Å². The number of nitrogens with one attached hydrogen (secondary N) is 2. The van der Waals surface area contributed by atoms with Gasteiger partial charge >= 0.3 is 0 Å². The second kappa shape index (κ2) is 10.1. The zero-order chi connectivity index (χ0) is 24.2. The van der Waals surface area contributed by atoms with Gasteiger partial charge in [0, 0.05) is 43.3 Å². The Morgan fingerprint density at radius 2 is 1.77 bits per heavy atom. The average Bonchev–Trinajstić information content (AvgIpc) is 3.18. The predicted molar refractivity (Wildman–Crippen MR) is 139 cm³/mol. The van der Waals surface area contributed by atoms with E-state index in [-0.39, 0.29) is 11.8 Å². The van der Waals surface area contributed by atoms with Gasteiger partial charge in [-0.25, -0.2) is 0 Å². The lowest BCUT2D eigenvalue weighted by atomic mass is 9.96. The molecule has 2 aliphatic rings. The number of ether oxygens (including phenoxy) is 1. The van der Waals surface area contributed by atoms with Crippen molar-refractivity contribution in [1.29, 1.82) is 0 Å². The summed E-state index contributed by atoms with van der Waals surface area (Å²) < 4.78 is 5.42. The summed E-state index contributed by atoms with van der Waals surface area (Å²) >= 11 is 0. The summed E-state index contributed by atoms with van der Waals surface area (Å²) in [6.45, 7) is 4.78. The number of hydrogen-bond acceptors (Lipinski definition) is 5. The van der Waals surface area contributed by atoms with E-state index in [1.54, 1.807) is 6.21 Å². The molecule has 178 valence electrons. The fourth-order valence-corrected chi connectivity index (χ4v) is 4.47. The van der Waals surface area contributed by atoms with Crippen LogP contribution in [0.3, 0.4) is 0 Å². The Morgan fingerprint density at radius 1 is 1.06 bits per heavy atom. The largest absolute Gasteiger partial charge is 0.378 e. The number of aliphatic imine (C=N–C) groups is 1. The van der Waals surface area contributed by atoms with Crippen LogP contribution >= 0.6 is 0 Å². The maximum absolute atomic E-state index is 12.7. The second-order valence-electron chi connectivity index (χ2n) is 8.84. The van der Waals surface area contributed by atoms with Gasteiger partial charge in [0.05, 0.1) is 18.9 Å². The number of anilines is 3. The van der Waals surface area contributed by atoms with Crippen LogP contribution in [0.25, 0.3) is 0 Å². The maximum Gasteiger partial charge on any atom is 0.237 e. The smallest absolute Gasteiger partial charge is 0.237 e. The van der Waals surface area contributed by atoms with Crippen LogP contribution in [0.1, 0.15) is 29.5 Å². The zero-order valence-corrected chi connectivity index (χ0v) is 19.7. The van der Waals surface area contributed by atoms with Crippen molar-refractivity contribution >= 4 is 40.8 Å². The van der Waals surface area contributed by atoms with Crippen LogP contribution in [0.15, 0.2) is 71.7 Å². The van der Waals surface area contributed by atoms with Crippen LogP contribution in [-0.4, -0.2) is 44.3 Å². The van der Waals surface area contributed by atoms with E-state index < -0.39 is 5.92 Å². The number of amides is 2. The summed E-state index contributed by atoms with van der Waals surface area (Å²) in [7, 11) is 0. The Kier molecular flexibility index (Phi) is 6.59. The number of rotatable bonds is 6. The van der Waals surface area contributed by atoms with Crippen LogP contribution in [0, 0.1) is 0 Å². The summed E-state index contributed by atoms with van der Waals surface area (Å²) in [5.74, 6) is -0.578. The van der Waals surface area contributed by atoms with Crippen LogP contribution in [0.2, 0.25) is 0 Å². The molecule has 3 aromatic rings. The van der Waals surface area contributed by atoms with E-state index in [9.17, 15) is 9.59 Å². The van der Waals surface area contributed by atoms with Gasteiger partial charge in [0.25, 0.3) is 0 Å². The second-order valence-corrected chi connectivity index (χ2v) is 8.84. The van der Waals surface area contributed by atoms with E-state index in [0.29, 0.717) is 0 Å². The lowest BCUT2D eigenvalue weighted by Crippen LogP contribution is -2.36. The Hall–Kier alpha value is -3.97. The van der Waals surface area contributed by atoms with Gasteiger partial charge in [-0.3, -0.25) is 14.6 Å². The highest BCUT2D eigenvalue weighted by Crippen LogP contribution is 2.33. The highest BCUT2D eigenvalue weighted by Gasteiger charge is 2.29. The number of nitrogens with zero attached hydrogens (tertiary/aromatic N) is 2. The third-order valence-electron chi connectivity index (χ3n) is 6.27. The van der Waals surface area contributed by atoms with E-state index in [1.165, 1.54) is 6.92 Å². The molecule has 0 bridgehead atoms. The molecule has 35 heavy (non-hydrogen) atoms. The number of fused-ring (bicyclic) bond motifs is 1. The molecule has 5 rings (SSSR count). The average molecular weight is 469 g/mol. The molecule has 1 unspecified atom stereocenters. The SMILES string of the molecule is CC(=O)Nc1ccc(Cc2ccc3c(c2)C(C=Nc2ccc(N4CCOCC4)cc2)C(=O)N3)cc1. The first kappa shape index (κ1) is 22.8. The van der Waals surface area contributed by atoms with Gasteiger partial charge < -0.3 is 20.3 Å². The number of morpholine rings is 1.